The Balaban J connectivity index is 1.94. The summed E-state index contributed by atoms with van der Waals surface area (Å²) in [4.78, 5) is 11.6. The van der Waals surface area contributed by atoms with Crippen LogP contribution in [0, 0.1) is 0 Å². The quantitative estimate of drug-likeness (QED) is 0.758. The molecule has 0 aliphatic heterocycles. The van der Waals surface area contributed by atoms with E-state index in [-0.39, 0.29) is 5.91 Å². The highest BCUT2D eigenvalue weighted by Gasteiger charge is 2.09. The number of hydrogen-bond donors (Lipinski definition) is 3. The Kier molecular flexibility index (Phi) is 4.30. The number of nitrogens with one attached hydrogen (secondary N) is 2. The summed E-state index contributed by atoms with van der Waals surface area (Å²) in [6, 6.07) is 9.44. The minimum Gasteiger partial charge on any atom is -0.351 e. The van der Waals surface area contributed by atoms with Gasteiger partial charge in [0.25, 0.3) is 0 Å². The molecule has 0 aliphatic carbocycles. The monoisotopic (exact) mass is 258 g/mol. The number of carbonyl (C=O) groups excluding carboxylic acids is 1. The number of nitrogens with zero attached hydrogens (tertiary/aromatic N) is 1. The topological polar surface area (TPSA) is 83.8 Å². The second-order valence-electron chi connectivity index (χ2n) is 4.40. The van der Waals surface area contributed by atoms with Crippen molar-refractivity contribution in [2.75, 3.05) is 0 Å². The van der Waals surface area contributed by atoms with E-state index in [9.17, 15) is 4.79 Å². The molecule has 0 saturated carbocycles. The summed E-state index contributed by atoms with van der Waals surface area (Å²) < 4.78 is 0. The first kappa shape index (κ1) is 13.3. The van der Waals surface area contributed by atoms with Gasteiger partial charge < -0.3 is 11.1 Å². The standard InChI is InChI=1S/C14H18N4O/c1-2-12(15)14(19)16-9-10-3-5-11(6-4-10)13-7-8-17-18-13/h3-8,12H,2,9,15H2,1H3,(H,16,19)(H,17,18). The van der Waals surface area contributed by atoms with Crippen LogP contribution < -0.4 is 11.1 Å². The van der Waals surface area contributed by atoms with Crippen LogP contribution in [0.15, 0.2) is 36.5 Å². The van der Waals surface area contributed by atoms with Gasteiger partial charge in [0.15, 0.2) is 0 Å². The summed E-state index contributed by atoms with van der Waals surface area (Å²) in [6.07, 6.45) is 2.36. The van der Waals surface area contributed by atoms with E-state index in [4.69, 9.17) is 5.73 Å². The number of nitrogens with two attached hydrogens (primary N) is 1. The smallest absolute Gasteiger partial charge is 0.237 e. The molecular formula is C14H18N4O. The number of aromatic amines is 1. The van der Waals surface area contributed by atoms with E-state index in [1.807, 2.05) is 37.3 Å². The number of benzene rings is 1. The van der Waals surface area contributed by atoms with Crippen LogP contribution in [0.2, 0.25) is 0 Å². The van der Waals surface area contributed by atoms with Gasteiger partial charge in [-0.2, -0.15) is 5.10 Å². The predicted molar refractivity (Wildman–Crippen MR) is 74.1 cm³/mol. The highest BCUT2D eigenvalue weighted by molar-refractivity contribution is 5.81. The van der Waals surface area contributed by atoms with E-state index in [1.165, 1.54) is 0 Å². The maximum absolute atomic E-state index is 11.6. The summed E-state index contributed by atoms with van der Waals surface area (Å²) in [6.45, 7) is 2.39. The SMILES string of the molecule is CCC(N)C(=O)NCc1ccc(-c2ccn[nH]2)cc1. The summed E-state index contributed by atoms with van der Waals surface area (Å²) in [5, 5.41) is 9.64. The van der Waals surface area contributed by atoms with Crippen molar-refractivity contribution in [2.45, 2.75) is 25.9 Å². The third kappa shape index (κ3) is 3.42. The molecule has 1 heterocycles. The van der Waals surface area contributed by atoms with Crippen molar-refractivity contribution in [3.05, 3.63) is 42.1 Å². The lowest BCUT2D eigenvalue weighted by Gasteiger charge is -2.10. The zero-order valence-electron chi connectivity index (χ0n) is 10.9. The highest BCUT2D eigenvalue weighted by Crippen LogP contribution is 2.16. The molecule has 2 rings (SSSR count). The first-order chi connectivity index (χ1) is 9.20. The van der Waals surface area contributed by atoms with Crippen molar-refractivity contribution in [1.29, 1.82) is 0 Å². The first-order valence-electron chi connectivity index (χ1n) is 6.32. The lowest BCUT2D eigenvalue weighted by molar-refractivity contribution is -0.122. The molecule has 2 aromatic rings. The highest BCUT2D eigenvalue weighted by atomic mass is 16.2. The molecular weight excluding hydrogens is 240 g/mol. The fraction of sp³-hybridized carbons (Fsp3) is 0.286. The molecule has 1 atom stereocenters. The fourth-order valence-electron chi connectivity index (χ4n) is 1.72. The summed E-state index contributed by atoms with van der Waals surface area (Å²) >= 11 is 0. The van der Waals surface area contributed by atoms with Crippen LogP contribution in [0.25, 0.3) is 11.3 Å². The second-order valence-corrected chi connectivity index (χ2v) is 4.40. The molecule has 1 aromatic carbocycles. The average Bonchev–Trinajstić information content (AvgIpc) is 2.98. The van der Waals surface area contributed by atoms with Gasteiger partial charge in [0, 0.05) is 12.7 Å². The molecule has 0 spiro atoms. The summed E-state index contributed by atoms with van der Waals surface area (Å²) in [5.41, 5.74) is 8.73. The van der Waals surface area contributed by atoms with E-state index in [1.54, 1.807) is 6.20 Å². The predicted octanol–water partition coefficient (Wildman–Crippen LogP) is 1.43. The van der Waals surface area contributed by atoms with Crippen LogP contribution in [0.1, 0.15) is 18.9 Å². The Bertz CT molecular complexity index is 519. The van der Waals surface area contributed by atoms with Gasteiger partial charge >= 0.3 is 0 Å². The lowest BCUT2D eigenvalue weighted by atomic mass is 10.1. The third-order valence-electron chi connectivity index (χ3n) is 3.01. The van der Waals surface area contributed by atoms with Crippen molar-refractivity contribution >= 4 is 5.91 Å². The number of H-pyrrole nitrogens is 1. The zero-order valence-corrected chi connectivity index (χ0v) is 10.9. The minimum absolute atomic E-state index is 0.111. The van der Waals surface area contributed by atoms with Crippen LogP contribution in [-0.4, -0.2) is 22.1 Å². The van der Waals surface area contributed by atoms with Gasteiger partial charge in [0.05, 0.1) is 11.7 Å². The van der Waals surface area contributed by atoms with Crippen LogP contribution in [-0.2, 0) is 11.3 Å². The normalized spacial score (nSPS) is 12.1. The van der Waals surface area contributed by atoms with E-state index in [2.05, 4.69) is 15.5 Å². The van der Waals surface area contributed by atoms with Gasteiger partial charge in [0.1, 0.15) is 0 Å². The van der Waals surface area contributed by atoms with Crippen LogP contribution in [0.3, 0.4) is 0 Å². The molecule has 100 valence electrons. The number of aromatic nitrogens is 2. The van der Waals surface area contributed by atoms with E-state index >= 15 is 0 Å². The van der Waals surface area contributed by atoms with Crippen LogP contribution >= 0.6 is 0 Å². The van der Waals surface area contributed by atoms with Crippen LogP contribution in [0.5, 0.6) is 0 Å². The Morgan fingerprint density at radius 2 is 2.11 bits per heavy atom. The van der Waals surface area contributed by atoms with Gasteiger partial charge in [0.2, 0.25) is 5.91 Å². The van der Waals surface area contributed by atoms with Gasteiger partial charge in [-0.05, 0) is 23.6 Å². The second kappa shape index (κ2) is 6.15. The van der Waals surface area contributed by atoms with Crippen molar-refractivity contribution in [1.82, 2.24) is 15.5 Å². The van der Waals surface area contributed by atoms with Gasteiger partial charge in [-0.1, -0.05) is 31.2 Å². The first-order valence-corrected chi connectivity index (χ1v) is 6.32. The Labute approximate surface area is 112 Å². The maximum atomic E-state index is 11.6. The van der Waals surface area contributed by atoms with Gasteiger partial charge in [-0.25, -0.2) is 0 Å². The van der Waals surface area contributed by atoms with E-state index in [0.717, 1.165) is 16.8 Å². The number of hydrogen-bond acceptors (Lipinski definition) is 3. The molecule has 0 saturated heterocycles. The molecule has 0 radical (unpaired) electrons. The third-order valence-corrected chi connectivity index (χ3v) is 3.01. The molecule has 5 nitrogen and oxygen atoms in total. The largest absolute Gasteiger partial charge is 0.351 e. The maximum Gasteiger partial charge on any atom is 0.237 e. The Morgan fingerprint density at radius 1 is 1.37 bits per heavy atom. The molecule has 0 fully saturated rings. The lowest BCUT2D eigenvalue weighted by Crippen LogP contribution is -2.39. The summed E-state index contributed by atoms with van der Waals surface area (Å²) in [5.74, 6) is -0.111. The summed E-state index contributed by atoms with van der Waals surface area (Å²) in [7, 11) is 0. The number of rotatable bonds is 5. The molecule has 1 aromatic heterocycles. The molecule has 5 heteroatoms. The van der Waals surface area contributed by atoms with Crippen molar-refractivity contribution in [2.24, 2.45) is 5.73 Å². The van der Waals surface area contributed by atoms with Crippen molar-refractivity contribution in [3.8, 4) is 11.3 Å². The van der Waals surface area contributed by atoms with E-state index < -0.39 is 6.04 Å². The zero-order chi connectivity index (χ0) is 13.7. The Hall–Kier alpha value is -2.14. The number of amides is 1. The molecule has 1 unspecified atom stereocenters. The van der Waals surface area contributed by atoms with Gasteiger partial charge in [-0.3, -0.25) is 9.89 Å². The minimum atomic E-state index is -0.427. The van der Waals surface area contributed by atoms with Crippen molar-refractivity contribution in [3.63, 3.8) is 0 Å². The molecule has 1 amide bonds. The molecule has 0 bridgehead atoms. The molecule has 0 aliphatic rings. The fourth-order valence-corrected chi connectivity index (χ4v) is 1.72. The van der Waals surface area contributed by atoms with E-state index in [0.29, 0.717) is 13.0 Å². The van der Waals surface area contributed by atoms with Gasteiger partial charge in [-0.15, -0.1) is 0 Å². The molecule has 19 heavy (non-hydrogen) atoms. The van der Waals surface area contributed by atoms with Crippen molar-refractivity contribution < 1.29 is 4.79 Å². The molecule has 4 N–H and O–H groups in total. The number of carbonyl (C=O) groups is 1. The average molecular weight is 258 g/mol. The Morgan fingerprint density at radius 3 is 2.68 bits per heavy atom. The van der Waals surface area contributed by atoms with Crippen LogP contribution in [0.4, 0.5) is 0 Å².